The van der Waals surface area contributed by atoms with Crippen LogP contribution in [0.25, 0.3) is 0 Å². The Hall–Kier alpha value is -0.490. The van der Waals surface area contributed by atoms with Crippen LogP contribution < -0.4 is 5.32 Å². The van der Waals surface area contributed by atoms with Gasteiger partial charge in [0.1, 0.15) is 5.82 Å². The van der Waals surface area contributed by atoms with Crippen LogP contribution in [0.3, 0.4) is 0 Å². The molecule has 0 aromatic heterocycles. The molecule has 3 nitrogen and oxygen atoms in total. The van der Waals surface area contributed by atoms with E-state index in [9.17, 15) is 9.50 Å². The van der Waals surface area contributed by atoms with E-state index >= 15 is 0 Å². The number of rotatable bonds is 6. The van der Waals surface area contributed by atoms with Crippen LogP contribution in [-0.4, -0.2) is 31.5 Å². The Morgan fingerprint density at radius 1 is 1.55 bits per heavy atom. The first kappa shape index (κ1) is 15.9. The molecule has 0 amide bonds. The van der Waals surface area contributed by atoms with E-state index in [1.807, 2.05) is 13.0 Å². The van der Waals surface area contributed by atoms with Crippen molar-refractivity contribution in [2.24, 2.45) is 5.41 Å². The molecular formula is C15H21BrFNO2. The second-order valence-electron chi connectivity index (χ2n) is 5.54. The van der Waals surface area contributed by atoms with Gasteiger partial charge in [-0.3, -0.25) is 0 Å². The van der Waals surface area contributed by atoms with Gasteiger partial charge in [-0.25, -0.2) is 4.39 Å². The highest BCUT2D eigenvalue weighted by molar-refractivity contribution is 9.10. The van der Waals surface area contributed by atoms with Crippen molar-refractivity contribution in [3.8, 4) is 0 Å². The summed E-state index contributed by atoms with van der Waals surface area (Å²) in [7, 11) is 0. The Labute approximate surface area is 127 Å². The fraction of sp³-hybridized carbons (Fsp3) is 0.600. The summed E-state index contributed by atoms with van der Waals surface area (Å²) < 4.78 is 20.1. The molecule has 1 aromatic rings. The summed E-state index contributed by atoms with van der Waals surface area (Å²) in [6.45, 7) is 4.24. The minimum atomic E-state index is -0.210. The average molecular weight is 346 g/mol. The molecule has 20 heavy (non-hydrogen) atoms. The van der Waals surface area contributed by atoms with Crippen LogP contribution in [0.2, 0.25) is 0 Å². The minimum Gasteiger partial charge on any atom is -0.396 e. The summed E-state index contributed by atoms with van der Waals surface area (Å²) in [5, 5.41) is 12.6. The molecule has 1 aromatic carbocycles. The van der Waals surface area contributed by atoms with Crippen LogP contribution in [0, 0.1) is 11.2 Å². The zero-order chi connectivity index (χ0) is 14.6. The predicted molar refractivity (Wildman–Crippen MR) is 80.1 cm³/mol. The Bertz CT molecular complexity index is 449. The number of benzene rings is 1. The van der Waals surface area contributed by atoms with E-state index in [0.29, 0.717) is 12.2 Å². The van der Waals surface area contributed by atoms with Gasteiger partial charge >= 0.3 is 0 Å². The average Bonchev–Trinajstić information content (AvgIpc) is 2.85. The molecule has 0 radical (unpaired) electrons. The number of aliphatic hydroxyl groups is 1. The van der Waals surface area contributed by atoms with Crippen LogP contribution in [0.5, 0.6) is 0 Å². The fourth-order valence-electron chi connectivity index (χ4n) is 2.64. The van der Waals surface area contributed by atoms with Crippen molar-refractivity contribution >= 4 is 15.9 Å². The van der Waals surface area contributed by atoms with Crippen molar-refractivity contribution in [1.29, 1.82) is 0 Å². The van der Waals surface area contributed by atoms with E-state index < -0.39 is 0 Å². The molecule has 0 aliphatic carbocycles. The van der Waals surface area contributed by atoms with Crippen LogP contribution in [0.15, 0.2) is 22.7 Å². The van der Waals surface area contributed by atoms with Crippen molar-refractivity contribution in [2.75, 3.05) is 26.4 Å². The molecule has 2 N–H and O–H groups in total. The third-order valence-electron chi connectivity index (χ3n) is 4.04. The molecule has 0 bridgehead atoms. The van der Waals surface area contributed by atoms with E-state index in [1.54, 1.807) is 6.07 Å². The molecule has 5 heteroatoms. The van der Waals surface area contributed by atoms with E-state index in [1.165, 1.54) is 6.07 Å². The van der Waals surface area contributed by atoms with Gasteiger partial charge in [0.15, 0.2) is 0 Å². The smallest absolute Gasteiger partial charge is 0.129 e. The highest BCUT2D eigenvalue weighted by Crippen LogP contribution is 2.32. The SMILES string of the molecule is CC(NCC1(CCO)CCOC1)c1ccc(Br)cc1F. The lowest BCUT2D eigenvalue weighted by atomic mass is 9.83. The predicted octanol–water partition coefficient (Wildman–Crippen LogP) is 3.03. The Balaban J connectivity index is 1.98. The largest absolute Gasteiger partial charge is 0.396 e. The third kappa shape index (κ3) is 3.79. The Morgan fingerprint density at radius 2 is 2.35 bits per heavy atom. The number of nitrogens with one attached hydrogen (secondary N) is 1. The van der Waals surface area contributed by atoms with E-state index in [4.69, 9.17) is 4.74 Å². The quantitative estimate of drug-likeness (QED) is 0.832. The maximum absolute atomic E-state index is 13.9. The second-order valence-corrected chi connectivity index (χ2v) is 6.46. The van der Waals surface area contributed by atoms with Crippen molar-refractivity contribution in [3.63, 3.8) is 0 Å². The monoisotopic (exact) mass is 345 g/mol. The molecule has 1 aliphatic heterocycles. The van der Waals surface area contributed by atoms with Gasteiger partial charge in [-0.1, -0.05) is 22.0 Å². The number of ether oxygens (including phenoxy) is 1. The number of hydrogen-bond acceptors (Lipinski definition) is 3. The van der Waals surface area contributed by atoms with E-state index in [2.05, 4.69) is 21.2 Å². The van der Waals surface area contributed by atoms with Crippen molar-refractivity contribution < 1.29 is 14.2 Å². The van der Waals surface area contributed by atoms with Gasteiger partial charge in [0.2, 0.25) is 0 Å². The molecule has 112 valence electrons. The number of hydrogen-bond donors (Lipinski definition) is 2. The van der Waals surface area contributed by atoms with Gasteiger partial charge in [-0.05, 0) is 31.9 Å². The molecular weight excluding hydrogens is 325 g/mol. The van der Waals surface area contributed by atoms with Gasteiger partial charge < -0.3 is 15.2 Å². The number of aliphatic hydroxyl groups excluding tert-OH is 1. The zero-order valence-electron chi connectivity index (χ0n) is 11.7. The van der Waals surface area contributed by atoms with Gasteiger partial charge in [0.25, 0.3) is 0 Å². The highest BCUT2D eigenvalue weighted by atomic mass is 79.9. The minimum absolute atomic E-state index is 0.0190. The standard InChI is InChI=1S/C15H21BrFNO2/c1-11(13-3-2-12(16)8-14(13)17)18-9-15(4-6-19)5-7-20-10-15/h2-3,8,11,18-19H,4-7,9-10H2,1H3. The molecule has 1 heterocycles. The van der Waals surface area contributed by atoms with Crippen LogP contribution in [0.4, 0.5) is 4.39 Å². The molecule has 1 fully saturated rings. The van der Waals surface area contributed by atoms with Gasteiger partial charge in [0.05, 0.1) is 6.61 Å². The molecule has 0 spiro atoms. The lowest BCUT2D eigenvalue weighted by Crippen LogP contribution is -2.37. The van der Waals surface area contributed by atoms with Crippen molar-refractivity contribution in [3.05, 3.63) is 34.1 Å². The summed E-state index contributed by atoms with van der Waals surface area (Å²) in [5.41, 5.74) is 0.640. The van der Waals surface area contributed by atoms with Crippen LogP contribution in [0.1, 0.15) is 31.4 Å². The van der Waals surface area contributed by atoms with Crippen LogP contribution >= 0.6 is 15.9 Å². The molecule has 2 rings (SSSR count). The first-order valence-electron chi connectivity index (χ1n) is 6.93. The van der Waals surface area contributed by atoms with Gasteiger partial charge in [-0.15, -0.1) is 0 Å². The first-order valence-corrected chi connectivity index (χ1v) is 7.73. The Kier molecular flexibility index (Phi) is 5.55. The summed E-state index contributed by atoms with van der Waals surface area (Å²) in [5.74, 6) is -0.210. The number of halogens is 2. The maximum Gasteiger partial charge on any atom is 0.129 e. The third-order valence-corrected chi connectivity index (χ3v) is 4.53. The zero-order valence-corrected chi connectivity index (χ0v) is 13.2. The molecule has 1 aliphatic rings. The molecule has 1 saturated heterocycles. The molecule has 2 unspecified atom stereocenters. The summed E-state index contributed by atoms with van der Waals surface area (Å²) in [6, 6.07) is 5.05. The molecule has 0 saturated carbocycles. The van der Waals surface area contributed by atoms with Crippen molar-refractivity contribution in [2.45, 2.75) is 25.8 Å². The summed E-state index contributed by atoms with van der Waals surface area (Å²) in [4.78, 5) is 0. The van der Waals surface area contributed by atoms with Crippen LogP contribution in [-0.2, 0) is 4.74 Å². The normalized spacial score (nSPS) is 24.0. The lowest BCUT2D eigenvalue weighted by Gasteiger charge is -2.29. The topological polar surface area (TPSA) is 41.5 Å². The van der Waals surface area contributed by atoms with E-state index in [0.717, 1.165) is 30.5 Å². The highest BCUT2D eigenvalue weighted by Gasteiger charge is 2.34. The van der Waals surface area contributed by atoms with Crippen molar-refractivity contribution in [1.82, 2.24) is 5.32 Å². The van der Waals surface area contributed by atoms with E-state index in [-0.39, 0.29) is 23.9 Å². The second kappa shape index (κ2) is 6.98. The lowest BCUT2D eigenvalue weighted by molar-refractivity contribution is 0.122. The molecule has 2 atom stereocenters. The summed E-state index contributed by atoms with van der Waals surface area (Å²) >= 11 is 3.26. The Morgan fingerprint density at radius 3 is 2.95 bits per heavy atom. The summed E-state index contributed by atoms with van der Waals surface area (Å²) in [6.07, 6.45) is 1.66. The maximum atomic E-state index is 13.9. The fourth-order valence-corrected chi connectivity index (χ4v) is 2.98. The first-order chi connectivity index (χ1) is 9.56. The van der Waals surface area contributed by atoms with Gasteiger partial charge in [-0.2, -0.15) is 0 Å². The van der Waals surface area contributed by atoms with Gasteiger partial charge in [0, 0.05) is 41.3 Å².